The molecule has 1 saturated heterocycles. The number of hydrogen-bond donors (Lipinski definition) is 3. The third-order valence-corrected chi connectivity index (χ3v) is 7.85. The van der Waals surface area contributed by atoms with Gasteiger partial charge in [0.1, 0.15) is 41.1 Å². The Bertz CT molecular complexity index is 1570. The Morgan fingerprint density at radius 1 is 1.20 bits per heavy atom. The molecule has 0 saturated carbocycles. The third kappa shape index (κ3) is 7.03. The van der Waals surface area contributed by atoms with E-state index in [2.05, 4.69) is 32.2 Å². The lowest BCUT2D eigenvalue weighted by atomic mass is 9.96. The number of hydrogen-bond acceptors (Lipinski definition) is 9. The number of nitrogens with two attached hydrogens (primary N) is 1. The minimum Gasteiger partial charge on any atom is -0.474 e. The molecule has 2 aliphatic heterocycles. The fourth-order valence-corrected chi connectivity index (χ4v) is 5.77. The maximum Gasteiger partial charge on any atom is 0.417 e. The quantitative estimate of drug-likeness (QED) is 0.176. The molecule has 3 atom stereocenters. The lowest BCUT2D eigenvalue weighted by Gasteiger charge is -2.28. The topological polar surface area (TPSA) is 110 Å². The van der Waals surface area contributed by atoms with E-state index in [9.17, 15) is 22.0 Å². The summed E-state index contributed by atoms with van der Waals surface area (Å²) in [6, 6.07) is 0.357. The summed E-state index contributed by atoms with van der Waals surface area (Å²) in [6.45, 7) is 7.86. The molecule has 0 bridgehead atoms. The number of nitrogens with zero attached hydrogens (tertiary/aromatic N) is 4. The van der Waals surface area contributed by atoms with Crippen molar-refractivity contribution in [3.63, 3.8) is 0 Å². The van der Waals surface area contributed by atoms with Gasteiger partial charge in [-0.05, 0) is 51.2 Å². The van der Waals surface area contributed by atoms with Gasteiger partial charge in [0.2, 0.25) is 5.88 Å². The Labute approximate surface area is 256 Å². The number of nitrogens with one attached hydrogen (secondary N) is 2. The minimum absolute atomic E-state index is 0.0141. The normalized spacial score (nSPS) is 21.5. The summed E-state index contributed by atoms with van der Waals surface area (Å²) in [5.74, 6) is -2.66. The van der Waals surface area contributed by atoms with E-state index < -0.39 is 63.7 Å². The highest BCUT2D eigenvalue weighted by atomic mass is 19.4. The number of rotatable bonds is 6. The summed E-state index contributed by atoms with van der Waals surface area (Å²) in [4.78, 5) is 14.6. The molecule has 4 heterocycles. The molecule has 45 heavy (non-hydrogen) atoms. The molecule has 0 radical (unpaired) electrons. The van der Waals surface area contributed by atoms with Crippen molar-refractivity contribution in [2.45, 2.75) is 64.0 Å². The van der Waals surface area contributed by atoms with E-state index in [-0.39, 0.29) is 42.4 Å². The molecule has 3 aromatic rings. The number of alkyl halides is 4. The fraction of sp³-hybridized carbons (Fsp3) is 0.500. The summed E-state index contributed by atoms with van der Waals surface area (Å²) in [7, 11) is 0. The Hall–Kier alpha value is -3.85. The number of piperidine rings is 1. The van der Waals surface area contributed by atoms with E-state index in [0.29, 0.717) is 51.4 Å². The zero-order valence-electron chi connectivity index (χ0n) is 24.9. The number of anilines is 2. The monoisotopic (exact) mass is 639 g/mol. The van der Waals surface area contributed by atoms with Crippen LogP contribution in [0.5, 0.6) is 11.9 Å². The van der Waals surface area contributed by atoms with Gasteiger partial charge < -0.3 is 25.8 Å². The van der Waals surface area contributed by atoms with Crippen molar-refractivity contribution >= 4 is 22.4 Å². The summed E-state index contributed by atoms with van der Waals surface area (Å²) in [6.07, 6.45) is -2.77. The molecule has 244 valence electrons. The van der Waals surface area contributed by atoms with Gasteiger partial charge in [-0.15, -0.1) is 6.58 Å². The van der Waals surface area contributed by atoms with Gasteiger partial charge in [-0.3, -0.25) is 4.90 Å². The predicted molar refractivity (Wildman–Crippen MR) is 158 cm³/mol. The number of likely N-dealkylation sites (tertiary alicyclic amines) is 1. The number of ether oxygens (including phenoxy) is 2. The highest BCUT2D eigenvalue weighted by Crippen LogP contribution is 2.44. The van der Waals surface area contributed by atoms with Crippen LogP contribution < -0.4 is 25.8 Å². The molecule has 2 aromatic heterocycles. The van der Waals surface area contributed by atoms with Crippen LogP contribution in [-0.4, -0.2) is 71.1 Å². The maximum atomic E-state index is 16.5. The average Bonchev–Trinajstić information content (AvgIpc) is 2.99. The molecule has 1 unspecified atom stereocenters. The maximum absolute atomic E-state index is 16.5. The van der Waals surface area contributed by atoms with Crippen LogP contribution in [0.1, 0.15) is 43.7 Å². The molecule has 9 nitrogen and oxygen atoms in total. The average molecular weight is 640 g/mol. The van der Waals surface area contributed by atoms with Crippen LogP contribution in [-0.2, 0) is 6.18 Å². The third-order valence-electron chi connectivity index (χ3n) is 7.85. The van der Waals surface area contributed by atoms with Gasteiger partial charge in [-0.1, -0.05) is 6.08 Å². The van der Waals surface area contributed by atoms with Crippen LogP contribution in [0, 0.1) is 18.6 Å². The van der Waals surface area contributed by atoms with Gasteiger partial charge >= 0.3 is 12.2 Å². The van der Waals surface area contributed by atoms with Crippen LogP contribution in [0.4, 0.5) is 37.8 Å². The van der Waals surface area contributed by atoms with Crippen molar-refractivity contribution in [2.75, 3.05) is 44.0 Å². The van der Waals surface area contributed by atoms with Gasteiger partial charge in [-0.25, -0.2) is 18.2 Å². The largest absolute Gasteiger partial charge is 0.474 e. The summed E-state index contributed by atoms with van der Waals surface area (Å²) in [5.41, 5.74) is 0.891. The van der Waals surface area contributed by atoms with Crippen LogP contribution in [0.3, 0.4) is 0 Å². The number of nitrogen functional groups attached to an aromatic ring is 1. The van der Waals surface area contributed by atoms with Crippen molar-refractivity contribution in [3.05, 3.63) is 41.5 Å². The first kappa shape index (κ1) is 32.5. The van der Waals surface area contributed by atoms with E-state index in [1.54, 1.807) is 17.9 Å². The molecular weight excluding hydrogens is 604 g/mol. The van der Waals surface area contributed by atoms with E-state index >= 15 is 4.39 Å². The first-order valence-electron chi connectivity index (χ1n) is 14.7. The Morgan fingerprint density at radius 3 is 2.69 bits per heavy atom. The SMILES string of the molecule is C=CCC1C[C@H](C)Oc2nc(-c3cc(N)c(F)c(C)c3C(F)(F)F)c(F)c3nc(OCN4CCC[C@@H](F)C4)nc(c23)NCCN1. The Kier molecular flexibility index (Phi) is 9.58. The van der Waals surface area contributed by atoms with Crippen molar-refractivity contribution in [1.29, 1.82) is 0 Å². The van der Waals surface area contributed by atoms with Crippen molar-refractivity contribution in [1.82, 2.24) is 25.2 Å². The second-order valence-electron chi connectivity index (χ2n) is 11.3. The zero-order chi connectivity index (χ0) is 32.5. The van der Waals surface area contributed by atoms with E-state index in [4.69, 9.17) is 15.2 Å². The van der Waals surface area contributed by atoms with Crippen molar-refractivity contribution in [2.24, 2.45) is 0 Å². The van der Waals surface area contributed by atoms with Crippen LogP contribution >= 0.6 is 0 Å². The van der Waals surface area contributed by atoms with Crippen molar-refractivity contribution < 1.29 is 35.8 Å². The van der Waals surface area contributed by atoms with Gasteiger partial charge in [-0.2, -0.15) is 23.1 Å². The molecule has 0 spiro atoms. The summed E-state index contributed by atoms with van der Waals surface area (Å²) < 4.78 is 100.0. The van der Waals surface area contributed by atoms with Gasteiger partial charge in [0, 0.05) is 37.8 Å². The number of pyridine rings is 1. The highest BCUT2D eigenvalue weighted by Gasteiger charge is 2.39. The fourth-order valence-electron chi connectivity index (χ4n) is 5.77. The van der Waals surface area contributed by atoms with Gasteiger partial charge in [0.15, 0.2) is 5.82 Å². The van der Waals surface area contributed by atoms with Gasteiger partial charge in [0.25, 0.3) is 0 Å². The molecule has 4 N–H and O–H groups in total. The second kappa shape index (κ2) is 13.3. The summed E-state index contributed by atoms with van der Waals surface area (Å²) >= 11 is 0. The van der Waals surface area contributed by atoms with Crippen LogP contribution in [0.25, 0.3) is 22.2 Å². The molecule has 0 amide bonds. The first-order valence-corrected chi connectivity index (χ1v) is 14.7. The Balaban J connectivity index is 1.71. The molecule has 5 rings (SSSR count). The lowest BCUT2D eigenvalue weighted by molar-refractivity contribution is -0.137. The lowest BCUT2D eigenvalue weighted by Crippen LogP contribution is -2.39. The van der Waals surface area contributed by atoms with Crippen LogP contribution in [0.15, 0.2) is 18.7 Å². The van der Waals surface area contributed by atoms with E-state index in [1.165, 1.54) is 0 Å². The zero-order valence-corrected chi connectivity index (χ0v) is 24.9. The molecular formula is C30H35F6N7O2. The van der Waals surface area contributed by atoms with Gasteiger partial charge in [0.05, 0.1) is 17.4 Å². The minimum atomic E-state index is -5.08. The molecule has 2 aliphatic rings. The van der Waals surface area contributed by atoms with E-state index in [0.717, 1.165) is 6.92 Å². The molecule has 1 fully saturated rings. The Morgan fingerprint density at radius 2 is 1.98 bits per heavy atom. The summed E-state index contributed by atoms with van der Waals surface area (Å²) in [5, 5.41) is 6.48. The second-order valence-corrected chi connectivity index (χ2v) is 11.3. The highest BCUT2D eigenvalue weighted by molar-refractivity contribution is 5.96. The van der Waals surface area contributed by atoms with Crippen molar-refractivity contribution in [3.8, 4) is 23.1 Å². The standard InChI is InChI=1S/C30H35F6N7O2/c1-4-6-18-11-15(2)45-28-21-26(24(33)25(40-28)19-12-20(37)23(32)16(3)22(19)30(34,35)36)41-29(42-27(21)39-9-8-38-18)44-14-43-10-5-7-17(31)13-43/h4,12,15,17-18,38H,1,5-11,13-14,37H2,2-3H3,(H,39,41,42)/t15-,17+,18?/m0/s1. The van der Waals surface area contributed by atoms with Crippen LogP contribution in [0.2, 0.25) is 0 Å². The number of aromatic nitrogens is 3. The smallest absolute Gasteiger partial charge is 0.417 e. The van der Waals surface area contributed by atoms with E-state index in [1.807, 2.05) is 0 Å². The molecule has 0 aliphatic carbocycles. The molecule has 1 aromatic carbocycles. The number of halogens is 6. The molecule has 15 heteroatoms. The number of benzene rings is 1. The predicted octanol–water partition coefficient (Wildman–Crippen LogP) is 5.77. The first-order chi connectivity index (χ1) is 21.4.